The molecule has 1 aromatic heterocycles. The normalized spacial score (nSPS) is 24.4. The van der Waals surface area contributed by atoms with Crippen LogP contribution in [0.15, 0.2) is 54.6 Å². The predicted octanol–water partition coefficient (Wildman–Crippen LogP) is 4.25. The summed E-state index contributed by atoms with van der Waals surface area (Å²) in [5.41, 5.74) is 5.81. The molecule has 2 aliphatic heterocycles. The molecule has 110 valence electrons. The highest BCUT2D eigenvalue weighted by atomic mass is 15.2. The third-order valence-electron chi connectivity index (χ3n) is 5.52. The Bertz CT molecular complexity index is 818. The topological polar surface area (TPSA) is 19.0 Å². The van der Waals surface area contributed by atoms with E-state index in [1.54, 1.807) is 5.56 Å². The predicted molar refractivity (Wildman–Crippen MR) is 90.1 cm³/mol. The molecule has 1 N–H and O–H groups in total. The van der Waals surface area contributed by atoms with E-state index in [1.807, 2.05) is 0 Å². The largest absolute Gasteiger partial charge is 0.357 e. The van der Waals surface area contributed by atoms with Crippen molar-refractivity contribution >= 4 is 10.9 Å². The van der Waals surface area contributed by atoms with E-state index in [0.29, 0.717) is 12.0 Å². The summed E-state index contributed by atoms with van der Waals surface area (Å²) in [5, 5.41) is 1.43. The summed E-state index contributed by atoms with van der Waals surface area (Å²) >= 11 is 0. The van der Waals surface area contributed by atoms with Crippen LogP contribution in [0.2, 0.25) is 0 Å². The standard InChI is InChI=1S/C20H20N2/c1-2-6-14(7-3-1)15-10-12-22-13-11-17-16-8-4-5-9-18(16)21-19(17)20(15)22/h1-9,15,20-21H,10-13H2/t15-,20-/m1/s1. The monoisotopic (exact) mass is 288 g/mol. The van der Waals surface area contributed by atoms with Gasteiger partial charge in [-0.15, -0.1) is 0 Å². The third-order valence-corrected chi connectivity index (χ3v) is 5.52. The molecule has 1 saturated heterocycles. The zero-order valence-electron chi connectivity index (χ0n) is 12.6. The second-order valence-electron chi connectivity index (χ2n) is 6.60. The van der Waals surface area contributed by atoms with E-state index < -0.39 is 0 Å². The maximum absolute atomic E-state index is 3.75. The number of aromatic nitrogens is 1. The summed E-state index contributed by atoms with van der Waals surface area (Å²) in [4.78, 5) is 6.42. The van der Waals surface area contributed by atoms with E-state index in [4.69, 9.17) is 0 Å². The van der Waals surface area contributed by atoms with Crippen LogP contribution in [-0.4, -0.2) is 23.0 Å². The maximum Gasteiger partial charge on any atom is 0.0571 e. The summed E-state index contributed by atoms with van der Waals surface area (Å²) in [7, 11) is 0. The van der Waals surface area contributed by atoms with Crippen LogP contribution < -0.4 is 0 Å². The van der Waals surface area contributed by atoms with Crippen molar-refractivity contribution in [3.8, 4) is 0 Å². The Morgan fingerprint density at radius 1 is 0.909 bits per heavy atom. The van der Waals surface area contributed by atoms with Crippen LogP contribution in [0.25, 0.3) is 10.9 Å². The van der Waals surface area contributed by atoms with Crippen molar-refractivity contribution in [2.24, 2.45) is 0 Å². The average molecular weight is 288 g/mol. The van der Waals surface area contributed by atoms with Gasteiger partial charge in [-0.05, 0) is 36.6 Å². The molecule has 2 aromatic carbocycles. The molecule has 0 radical (unpaired) electrons. The van der Waals surface area contributed by atoms with Gasteiger partial charge in [-0.3, -0.25) is 4.90 Å². The van der Waals surface area contributed by atoms with Gasteiger partial charge in [0.2, 0.25) is 0 Å². The zero-order valence-corrected chi connectivity index (χ0v) is 12.6. The van der Waals surface area contributed by atoms with Gasteiger partial charge in [-0.1, -0.05) is 48.5 Å². The van der Waals surface area contributed by atoms with E-state index in [0.717, 1.165) is 0 Å². The molecule has 5 rings (SSSR count). The van der Waals surface area contributed by atoms with Gasteiger partial charge in [0.1, 0.15) is 0 Å². The number of fused-ring (bicyclic) bond motifs is 5. The van der Waals surface area contributed by atoms with Crippen LogP contribution in [0.3, 0.4) is 0 Å². The van der Waals surface area contributed by atoms with Crippen molar-refractivity contribution in [3.05, 3.63) is 71.4 Å². The van der Waals surface area contributed by atoms with Crippen LogP contribution in [0.4, 0.5) is 0 Å². The highest BCUT2D eigenvalue weighted by Gasteiger charge is 2.40. The molecule has 22 heavy (non-hydrogen) atoms. The van der Waals surface area contributed by atoms with Gasteiger partial charge in [0.25, 0.3) is 0 Å². The molecule has 0 aliphatic carbocycles. The van der Waals surface area contributed by atoms with Crippen molar-refractivity contribution in [1.29, 1.82) is 0 Å². The lowest BCUT2D eigenvalue weighted by atomic mass is 9.86. The number of aromatic amines is 1. The molecule has 2 heteroatoms. The van der Waals surface area contributed by atoms with E-state index in [1.165, 1.54) is 48.1 Å². The minimum Gasteiger partial charge on any atom is -0.357 e. The summed E-state index contributed by atoms with van der Waals surface area (Å²) in [6.07, 6.45) is 2.45. The van der Waals surface area contributed by atoms with Crippen LogP contribution in [0.5, 0.6) is 0 Å². The highest BCUT2D eigenvalue weighted by Crippen LogP contribution is 2.47. The Kier molecular flexibility index (Phi) is 2.68. The molecule has 2 aliphatic rings. The van der Waals surface area contributed by atoms with Gasteiger partial charge in [0, 0.05) is 29.1 Å². The number of rotatable bonds is 1. The molecule has 2 atom stereocenters. The Balaban J connectivity index is 1.66. The fourth-order valence-corrected chi connectivity index (χ4v) is 4.54. The summed E-state index contributed by atoms with van der Waals surface area (Å²) in [5.74, 6) is 0.619. The number of H-pyrrole nitrogens is 1. The molecule has 0 bridgehead atoms. The lowest BCUT2D eigenvalue weighted by Gasteiger charge is -2.33. The second kappa shape index (κ2) is 4.72. The fraction of sp³-hybridized carbons (Fsp3) is 0.300. The summed E-state index contributed by atoms with van der Waals surface area (Å²) in [6.45, 7) is 2.42. The van der Waals surface area contributed by atoms with Crippen LogP contribution in [-0.2, 0) is 6.42 Å². The van der Waals surface area contributed by atoms with Gasteiger partial charge in [-0.25, -0.2) is 0 Å². The highest BCUT2D eigenvalue weighted by molar-refractivity contribution is 5.85. The minimum absolute atomic E-state index is 0.526. The van der Waals surface area contributed by atoms with E-state index in [9.17, 15) is 0 Å². The smallest absolute Gasteiger partial charge is 0.0571 e. The number of hydrogen-bond donors (Lipinski definition) is 1. The zero-order chi connectivity index (χ0) is 14.5. The molecule has 2 nitrogen and oxygen atoms in total. The van der Waals surface area contributed by atoms with Crippen LogP contribution in [0, 0.1) is 0 Å². The van der Waals surface area contributed by atoms with Crippen molar-refractivity contribution in [2.45, 2.75) is 24.8 Å². The van der Waals surface area contributed by atoms with Crippen LogP contribution >= 0.6 is 0 Å². The number of nitrogens with zero attached hydrogens (tertiary/aromatic N) is 1. The van der Waals surface area contributed by atoms with Crippen molar-refractivity contribution in [2.75, 3.05) is 13.1 Å². The Morgan fingerprint density at radius 3 is 2.64 bits per heavy atom. The number of hydrogen-bond acceptors (Lipinski definition) is 1. The molecule has 3 heterocycles. The van der Waals surface area contributed by atoms with Crippen LogP contribution in [0.1, 0.15) is 35.2 Å². The van der Waals surface area contributed by atoms with Gasteiger partial charge in [0.15, 0.2) is 0 Å². The van der Waals surface area contributed by atoms with E-state index >= 15 is 0 Å². The molecule has 0 amide bonds. The van der Waals surface area contributed by atoms with Gasteiger partial charge >= 0.3 is 0 Å². The Morgan fingerprint density at radius 2 is 1.73 bits per heavy atom. The Hall–Kier alpha value is -2.06. The SMILES string of the molecule is c1ccc([C@H]2CCN3CCc4c([nH]c5ccccc45)[C@@H]23)cc1. The molecule has 0 saturated carbocycles. The summed E-state index contributed by atoms with van der Waals surface area (Å²) < 4.78 is 0. The number of para-hydroxylation sites is 1. The van der Waals surface area contributed by atoms with Gasteiger partial charge in [0.05, 0.1) is 6.04 Å². The van der Waals surface area contributed by atoms with E-state index in [-0.39, 0.29) is 0 Å². The molecule has 0 spiro atoms. The first-order chi connectivity index (χ1) is 10.9. The van der Waals surface area contributed by atoms with Crippen molar-refractivity contribution < 1.29 is 0 Å². The molecule has 0 unspecified atom stereocenters. The fourth-order valence-electron chi connectivity index (χ4n) is 4.54. The number of nitrogens with one attached hydrogen (secondary N) is 1. The van der Waals surface area contributed by atoms with Crippen molar-refractivity contribution in [1.82, 2.24) is 9.88 Å². The first-order valence-corrected chi connectivity index (χ1v) is 8.30. The third kappa shape index (κ3) is 1.71. The first-order valence-electron chi connectivity index (χ1n) is 8.30. The second-order valence-corrected chi connectivity index (χ2v) is 6.60. The molecule has 1 fully saturated rings. The average Bonchev–Trinajstić information content (AvgIpc) is 3.16. The minimum atomic E-state index is 0.526. The van der Waals surface area contributed by atoms with E-state index in [2.05, 4.69) is 64.5 Å². The maximum atomic E-state index is 3.75. The first kappa shape index (κ1) is 12.5. The lowest BCUT2D eigenvalue weighted by molar-refractivity contribution is 0.230. The lowest BCUT2D eigenvalue weighted by Crippen LogP contribution is -2.32. The Labute approximate surface area is 130 Å². The molecular formula is C20H20N2. The number of benzene rings is 2. The summed E-state index contributed by atoms with van der Waals surface area (Å²) in [6, 6.07) is 20.4. The quantitative estimate of drug-likeness (QED) is 0.709. The molecule has 3 aromatic rings. The van der Waals surface area contributed by atoms with Crippen molar-refractivity contribution in [3.63, 3.8) is 0 Å². The van der Waals surface area contributed by atoms with Gasteiger partial charge < -0.3 is 4.98 Å². The van der Waals surface area contributed by atoms with Gasteiger partial charge in [-0.2, -0.15) is 0 Å². The molecular weight excluding hydrogens is 268 g/mol.